The molecule has 0 atom stereocenters. The van der Waals surface area contributed by atoms with E-state index in [9.17, 15) is 4.79 Å². The van der Waals surface area contributed by atoms with Gasteiger partial charge in [-0.05, 0) is 25.5 Å². The van der Waals surface area contributed by atoms with E-state index in [1.54, 1.807) is 7.11 Å². The van der Waals surface area contributed by atoms with E-state index in [1.807, 2.05) is 39.8 Å². The molecule has 0 aliphatic carbocycles. The molecular formula is C18H30N4O2. The van der Waals surface area contributed by atoms with E-state index in [0.717, 1.165) is 29.4 Å². The number of hydrogen-bond donors (Lipinski definition) is 3. The minimum atomic E-state index is 0.000839. The van der Waals surface area contributed by atoms with Gasteiger partial charge < -0.3 is 20.7 Å². The van der Waals surface area contributed by atoms with Crippen LogP contribution in [0.15, 0.2) is 23.2 Å². The van der Waals surface area contributed by atoms with Crippen LogP contribution in [0.5, 0.6) is 5.75 Å². The first-order valence-electron chi connectivity index (χ1n) is 8.41. The number of methoxy groups -OCH3 is 1. The number of ether oxygens (including phenoxy) is 1. The zero-order valence-corrected chi connectivity index (χ0v) is 15.4. The van der Waals surface area contributed by atoms with Crippen molar-refractivity contribution in [3.63, 3.8) is 0 Å². The third-order valence-corrected chi connectivity index (χ3v) is 3.44. The molecule has 0 unspecified atom stereocenters. The summed E-state index contributed by atoms with van der Waals surface area (Å²) in [4.78, 5) is 16.1. The number of guanidine groups is 1. The topological polar surface area (TPSA) is 74.8 Å². The Morgan fingerprint density at radius 3 is 2.54 bits per heavy atom. The Morgan fingerprint density at radius 2 is 1.92 bits per heavy atom. The number of carbonyl (C=O) groups is 1. The number of nitrogens with zero attached hydrogens (tertiary/aromatic N) is 1. The summed E-state index contributed by atoms with van der Waals surface area (Å²) in [7, 11) is 1.67. The fraction of sp³-hybridized carbons (Fsp3) is 0.556. The number of rotatable bonds is 8. The molecular weight excluding hydrogens is 304 g/mol. The first-order chi connectivity index (χ1) is 11.5. The van der Waals surface area contributed by atoms with E-state index >= 15 is 0 Å². The molecule has 0 saturated heterocycles. The Hall–Kier alpha value is -2.24. The molecule has 134 valence electrons. The molecule has 3 N–H and O–H groups in total. The van der Waals surface area contributed by atoms with Crippen molar-refractivity contribution in [2.75, 3.05) is 26.7 Å². The number of hydrogen-bond acceptors (Lipinski definition) is 3. The first-order valence-corrected chi connectivity index (χ1v) is 8.41. The number of amides is 1. The summed E-state index contributed by atoms with van der Waals surface area (Å²) < 4.78 is 5.41. The quantitative estimate of drug-likeness (QED) is 0.385. The highest BCUT2D eigenvalue weighted by molar-refractivity contribution is 5.80. The molecule has 1 aromatic carbocycles. The minimum absolute atomic E-state index is 0.000839. The van der Waals surface area contributed by atoms with Crippen molar-refractivity contribution in [2.24, 2.45) is 10.9 Å². The van der Waals surface area contributed by atoms with Crippen molar-refractivity contribution in [1.29, 1.82) is 0 Å². The van der Waals surface area contributed by atoms with Crippen LogP contribution in [0, 0.1) is 12.8 Å². The minimum Gasteiger partial charge on any atom is -0.496 e. The number of benzene rings is 1. The highest BCUT2D eigenvalue weighted by Crippen LogP contribution is 2.20. The fourth-order valence-electron chi connectivity index (χ4n) is 2.06. The van der Waals surface area contributed by atoms with Crippen LogP contribution < -0.4 is 20.7 Å². The van der Waals surface area contributed by atoms with E-state index in [4.69, 9.17) is 4.74 Å². The molecule has 0 saturated carbocycles. The van der Waals surface area contributed by atoms with Crippen LogP contribution in [0.4, 0.5) is 0 Å². The first kappa shape index (κ1) is 19.8. The summed E-state index contributed by atoms with van der Waals surface area (Å²) in [5, 5.41) is 9.29. The molecule has 1 rings (SSSR count). The second-order valence-corrected chi connectivity index (χ2v) is 5.88. The van der Waals surface area contributed by atoms with Gasteiger partial charge in [0.15, 0.2) is 5.96 Å². The Balaban J connectivity index is 2.58. The van der Waals surface area contributed by atoms with Gasteiger partial charge in [-0.2, -0.15) is 0 Å². The molecule has 0 aliphatic rings. The van der Waals surface area contributed by atoms with Crippen molar-refractivity contribution in [3.05, 3.63) is 29.3 Å². The zero-order valence-electron chi connectivity index (χ0n) is 15.4. The van der Waals surface area contributed by atoms with Gasteiger partial charge in [-0.25, -0.2) is 4.99 Å². The molecule has 6 heteroatoms. The molecule has 6 nitrogen and oxygen atoms in total. The predicted molar refractivity (Wildman–Crippen MR) is 98.4 cm³/mol. The molecule has 0 bridgehead atoms. The molecule has 0 radical (unpaired) electrons. The summed E-state index contributed by atoms with van der Waals surface area (Å²) in [6.45, 7) is 10.3. The van der Waals surface area contributed by atoms with Gasteiger partial charge in [0.2, 0.25) is 5.91 Å². The number of nitrogens with one attached hydrogen (secondary N) is 3. The monoisotopic (exact) mass is 334 g/mol. The van der Waals surface area contributed by atoms with Gasteiger partial charge in [0.25, 0.3) is 0 Å². The van der Waals surface area contributed by atoms with Gasteiger partial charge in [0, 0.05) is 31.1 Å². The van der Waals surface area contributed by atoms with E-state index in [0.29, 0.717) is 19.6 Å². The SMILES string of the molecule is CCNC(=NCc1ccc(C)cc1OC)NCCNC(=O)C(C)C. The highest BCUT2D eigenvalue weighted by Gasteiger charge is 2.06. The number of aliphatic imine (C=N–C) groups is 1. The van der Waals surface area contributed by atoms with Crippen LogP contribution in [0.25, 0.3) is 0 Å². The Labute approximate surface area is 145 Å². The molecule has 1 amide bonds. The van der Waals surface area contributed by atoms with Crippen LogP contribution in [0.1, 0.15) is 31.9 Å². The molecule has 1 aromatic rings. The lowest BCUT2D eigenvalue weighted by Gasteiger charge is -2.13. The average Bonchev–Trinajstić information content (AvgIpc) is 2.56. The van der Waals surface area contributed by atoms with Crippen LogP contribution in [0.3, 0.4) is 0 Å². The maximum Gasteiger partial charge on any atom is 0.222 e. The third kappa shape index (κ3) is 6.89. The van der Waals surface area contributed by atoms with Crippen molar-refractivity contribution in [1.82, 2.24) is 16.0 Å². The molecule has 0 aromatic heterocycles. The average molecular weight is 334 g/mol. The van der Waals surface area contributed by atoms with Gasteiger partial charge in [0.05, 0.1) is 13.7 Å². The van der Waals surface area contributed by atoms with Crippen LogP contribution in [-0.4, -0.2) is 38.6 Å². The second-order valence-electron chi connectivity index (χ2n) is 5.88. The maximum atomic E-state index is 11.5. The normalized spacial score (nSPS) is 11.3. The maximum absolute atomic E-state index is 11.5. The summed E-state index contributed by atoms with van der Waals surface area (Å²) in [6, 6.07) is 6.09. The zero-order chi connectivity index (χ0) is 17.9. The summed E-state index contributed by atoms with van der Waals surface area (Å²) in [5.41, 5.74) is 2.19. The van der Waals surface area contributed by atoms with Crippen molar-refractivity contribution in [3.8, 4) is 5.75 Å². The molecule has 0 spiro atoms. The highest BCUT2D eigenvalue weighted by atomic mass is 16.5. The Morgan fingerprint density at radius 1 is 1.21 bits per heavy atom. The summed E-state index contributed by atoms with van der Waals surface area (Å²) in [5.74, 6) is 1.63. The van der Waals surface area contributed by atoms with Gasteiger partial charge in [-0.15, -0.1) is 0 Å². The van der Waals surface area contributed by atoms with E-state index in [2.05, 4.69) is 27.0 Å². The number of aryl methyl sites for hydroxylation is 1. The standard InChI is InChI=1S/C18H30N4O2/c1-6-19-18(21-10-9-20-17(23)13(2)3)22-12-15-8-7-14(4)11-16(15)24-5/h7-8,11,13H,6,9-10,12H2,1-5H3,(H,20,23)(H2,19,21,22). The Bertz CT molecular complexity index is 556. The van der Waals surface area contributed by atoms with Crippen molar-refractivity contribution < 1.29 is 9.53 Å². The van der Waals surface area contributed by atoms with E-state index in [-0.39, 0.29) is 11.8 Å². The lowest BCUT2D eigenvalue weighted by molar-refractivity contribution is -0.123. The van der Waals surface area contributed by atoms with Gasteiger partial charge in [0.1, 0.15) is 5.75 Å². The van der Waals surface area contributed by atoms with Crippen LogP contribution >= 0.6 is 0 Å². The second kappa shape index (κ2) is 10.5. The Kier molecular flexibility index (Phi) is 8.68. The van der Waals surface area contributed by atoms with Gasteiger partial charge in [-0.1, -0.05) is 26.0 Å². The van der Waals surface area contributed by atoms with E-state index in [1.165, 1.54) is 0 Å². The van der Waals surface area contributed by atoms with Gasteiger partial charge in [-0.3, -0.25) is 4.79 Å². The lowest BCUT2D eigenvalue weighted by atomic mass is 10.1. The summed E-state index contributed by atoms with van der Waals surface area (Å²) in [6.07, 6.45) is 0. The molecule has 24 heavy (non-hydrogen) atoms. The van der Waals surface area contributed by atoms with E-state index < -0.39 is 0 Å². The number of carbonyl (C=O) groups excluding carboxylic acids is 1. The van der Waals surface area contributed by atoms with Gasteiger partial charge >= 0.3 is 0 Å². The van der Waals surface area contributed by atoms with Crippen LogP contribution in [-0.2, 0) is 11.3 Å². The molecule has 0 heterocycles. The summed E-state index contributed by atoms with van der Waals surface area (Å²) >= 11 is 0. The van der Waals surface area contributed by atoms with Crippen molar-refractivity contribution in [2.45, 2.75) is 34.2 Å². The molecule has 0 fully saturated rings. The predicted octanol–water partition coefficient (Wildman–Crippen LogP) is 1.83. The van der Waals surface area contributed by atoms with Crippen LogP contribution in [0.2, 0.25) is 0 Å². The van der Waals surface area contributed by atoms with Crippen molar-refractivity contribution >= 4 is 11.9 Å². The smallest absolute Gasteiger partial charge is 0.222 e. The largest absolute Gasteiger partial charge is 0.496 e. The fourth-order valence-corrected chi connectivity index (χ4v) is 2.06. The molecule has 0 aliphatic heterocycles. The third-order valence-electron chi connectivity index (χ3n) is 3.44. The lowest BCUT2D eigenvalue weighted by Crippen LogP contribution is -2.42.